The van der Waals surface area contributed by atoms with Crippen molar-refractivity contribution in [3.8, 4) is 0 Å². The van der Waals surface area contributed by atoms with E-state index in [2.05, 4.69) is 15.6 Å². The molecule has 2 rings (SSSR count). The smallest absolute Gasteiger partial charge is 0.221 e. The van der Waals surface area contributed by atoms with E-state index < -0.39 is 0 Å². The highest BCUT2D eigenvalue weighted by molar-refractivity contribution is 5.89. The Balaban J connectivity index is 2.19. The van der Waals surface area contributed by atoms with Crippen LogP contribution in [-0.2, 0) is 4.79 Å². The van der Waals surface area contributed by atoms with Gasteiger partial charge in [0, 0.05) is 24.5 Å². The van der Waals surface area contributed by atoms with Crippen molar-refractivity contribution in [3.05, 3.63) is 42.7 Å². The van der Waals surface area contributed by atoms with Gasteiger partial charge in [-0.25, -0.2) is 0 Å². The van der Waals surface area contributed by atoms with E-state index >= 15 is 0 Å². The van der Waals surface area contributed by atoms with Crippen LogP contribution in [0.2, 0.25) is 0 Å². The van der Waals surface area contributed by atoms with Gasteiger partial charge in [0.05, 0.1) is 17.6 Å². The van der Waals surface area contributed by atoms with Gasteiger partial charge in [0.25, 0.3) is 0 Å². The first-order valence-electron chi connectivity index (χ1n) is 5.49. The van der Waals surface area contributed by atoms with Crippen LogP contribution in [0.3, 0.4) is 0 Å². The summed E-state index contributed by atoms with van der Waals surface area (Å²) >= 11 is 0. The lowest BCUT2D eigenvalue weighted by molar-refractivity contribution is -0.114. The Hall–Kier alpha value is -2.56. The molecule has 1 aromatic carbocycles. The minimum atomic E-state index is -0.101. The summed E-state index contributed by atoms with van der Waals surface area (Å²) in [6, 6.07) is 9.19. The highest BCUT2D eigenvalue weighted by Gasteiger charge is 2.01. The van der Waals surface area contributed by atoms with E-state index in [-0.39, 0.29) is 5.91 Å². The first kappa shape index (κ1) is 11.9. The van der Waals surface area contributed by atoms with Crippen molar-refractivity contribution in [1.29, 1.82) is 0 Å². The van der Waals surface area contributed by atoms with Gasteiger partial charge in [-0.05, 0) is 24.3 Å². The SMILES string of the molecule is CC(=O)Nc1cccc(Nc2ccncc2N)c1. The molecule has 1 amide bonds. The molecular weight excluding hydrogens is 228 g/mol. The Morgan fingerprint density at radius 3 is 2.78 bits per heavy atom. The van der Waals surface area contributed by atoms with Crippen molar-refractivity contribution in [1.82, 2.24) is 4.98 Å². The van der Waals surface area contributed by atoms with Crippen LogP contribution in [0.5, 0.6) is 0 Å². The zero-order chi connectivity index (χ0) is 13.0. The summed E-state index contributed by atoms with van der Waals surface area (Å²) in [5.41, 5.74) is 8.73. The third-order valence-corrected chi connectivity index (χ3v) is 2.31. The van der Waals surface area contributed by atoms with Crippen LogP contribution in [0.1, 0.15) is 6.92 Å². The van der Waals surface area contributed by atoms with Gasteiger partial charge < -0.3 is 16.4 Å². The highest BCUT2D eigenvalue weighted by atomic mass is 16.1. The second-order valence-electron chi connectivity index (χ2n) is 3.85. The summed E-state index contributed by atoms with van der Waals surface area (Å²) in [7, 11) is 0. The van der Waals surface area contributed by atoms with Crippen LogP contribution in [0, 0.1) is 0 Å². The fraction of sp³-hybridized carbons (Fsp3) is 0.0769. The quantitative estimate of drug-likeness (QED) is 0.772. The number of hydrogen-bond acceptors (Lipinski definition) is 4. The molecule has 1 heterocycles. The lowest BCUT2D eigenvalue weighted by Crippen LogP contribution is -2.05. The van der Waals surface area contributed by atoms with E-state index in [1.165, 1.54) is 6.92 Å². The Bertz CT molecular complexity index is 568. The van der Waals surface area contributed by atoms with Crippen LogP contribution in [-0.4, -0.2) is 10.9 Å². The van der Waals surface area contributed by atoms with Gasteiger partial charge in [-0.3, -0.25) is 9.78 Å². The molecule has 4 N–H and O–H groups in total. The lowest BCUT2D eigenvalue weighted by Gasteiger charge is -2.10. The number of benzene rings is 1. The third kappa shape index (κ3) is 2.98. The van der Waals surface area contributed by atoms with Crippen molar-refractivity contribution < 1.29 is 4.79 Å². The van der Waals surface area contributed by atoms with Gasteiger partial charge in [0.15, 0.2) is 0 Å². The van der Waals surface area contributed by atoms with E-state index in [4.69, 9.17) is 5.73 Å². The fourth-order valence-electron chi connectivity index (χ4n) is 1.55. The largest absolute Gasteiger partial charge is 0.396 e. The Labute approximate surface area is 105 Å². The average Bonchev–Trinajstić information content (AvgIpc) is 2.32. The first-order valence-corrected chi connectivity index (χ1v) is 5.49. The van der Waals surface area contributed by atoms with Gasteiger partial charge in [-0.2, -0.15) is 0 Å². The zero-order valence-corrected chi connectivity index (χ0v) is 9.97. The molecule has 92 valence electrons. The Morgan fingerprint density at radius 2 is 2.06 bits per heavy atom. The van der Waals surface area contributed by atoms with Gasteiger partial charge in [0.1, 0.15) is 0 Å². The molecule has 0 saturated heterocycles. The van der Waals surface area contributed by atoms with Gasteiger partial charge in [-0.1, -0.05) is 6.07 Å². The summed E-state index contributed by atoms with van der Waals surface area (Å²) in [5.74, 6) is -0.101. The molecule has 0 spiro atoms. The van der Waals surface area contributed by atoms with Crippen molar-refractivity contribution in [2.24, 2.45) is 0 Å². The summed E-state index contributed by atoms with van der Waals surface area (Å²) in [6.07, 6.45) is 3.25. The normalized spacial score (nSPS) is 9.83. The predicted octanol–water partition coefficient (Wildman–Crippen LogP) is 2.37. The van der Waals surface area contributed by atoms with Crippen LogP contribution >= 0.6 is 0 Å². The number of carbonyl (C=O) groups is 1. The number of carbonyl (C=O) groups excluding carboxylic acids is 1. The van der Waals surface area contributed by atoms with E-state index in [9.17, 15) is 4.79 Å². The van der Waals surface area contributed by atoms with Crippen molar-refractivity contribution >= 4 is 28.7 Å². The molecule has 18 heavy (non-hydrogen) atoms. The van der Waals surface area contributed by atoms with Gasteiger partial charge in [0.2, 0.25) is 5.91 Å². The molecule has 5 heteroatoms. The van der Waals surface area contributed by atoms with Gasteiger partial charge in [-0.15, -0.1) is 0 Å². The number of aromatic nitrogens is 1. The monoisotopic (exact) mass is 242 g/mol. The third-order valence-electron chi connectivity index (χ3n) is 2.31. The van der Waals surface area contributed by atoms with Crippen molar-refractivity contribution in [2.45, 2.75) is 6.92 Å². The van der Waals surface area contributed by atoms with Crippen molar-refractivity contribution in [3.63, 3.8) is 0 Å². The first-order chi connectivity index (χ1) is 8.65. The molecule has 0 atom stereocenters. The second kappa shape index (κ2) is 5.18. The fourth-order valence-corrected chi connectivity index (χ4v) is 1.55. The number of nitrogen functional groups attached to an aromatic ring is 1. The van der Waals surface area contributed by atoms with E-state index in [0.717, 1.165) is 17.1 Å². The molecule has 0 radical (unpaired) electrons. The molecule has 0 aliphatic heterocycles. The number of hydrogen-bond donors (Lipinski definition) is 3. The van der Waals surface area contributed by atoms with Crippen molar-refractivity contribution in [2.75, 3.05) is 16.4 Å². The standard InChI is InChI=1S/C13H14N4O/c1-9(18)16-10-3-2-4-11(7-10)17-13-5-6-15-8-12(13)14/h2-8H,14H2,1H3,(H,15,17)(H,16,18). The molecule has 0 unspecified atom stereocenters. The Morgan fingerprint density at radius 1 is 1.28 bits per heavy atom. The van der Waals surface area contributed by atoms with Crippen LogP contribution in [0.4, 0.5) is 22.7 Å². The maximum Gasteiger partial charge on any atom is 0.221 e. The van der Waals surface area contributed by atoms with E-state index in [1.54, 1.807) is 18.5 Å². The lowest BCUT2D eigenvalue weighted by atomic mass is 10.2. The predicted molar refractivity (Wildman–Crippen MR) is 72.7 cm³/mol. The minimum Gasteiger partial charge on any atom is -0.396 e. The van der Waals surface area contributed by atoms with Crippen LogP contribution < -0.4 is 16.4 Å². The number of nitrogens with one attached hydrogen (secondary N) is 2. The number of pyridine rings is 1. The summed E-state index contributed by atoms with van der Waals surface area (Å²) in [6.45, 7) is 1.47. The number of rotatable bonds is 3. The topological polar surface area (TPSA) is 80.0 Å². The molecular formula is C13H14N4O. The molecule has 0 fully saturated rings. The van der Waals surface area contributed by atoms with E-state index in [0.29, 0.717) is 5.69 Å². The molecule has 0 aliphatic rings. The van der Waals surface area contributed by atoms with E-state index in [1.807, 2.05) is 24.3 Å². The molecule has 1 aromatic heterocycles. The molecule has 5 nitrogen and oxygen atoms in total. The number of anilines is 4. The average molecular weight is 242 g/mol. The summed E-state index contributed by atoms with van der Waals surface area (Å²) in [5, 5.41) is 5.89. The van der Waals surface area contributed by atoms with Gasteiger partial charge >= 0.3 is 0 Å². The maximum absolute atomic E-state index is 11.0. The second-order valence-corrected chi connectivity index (χ2v) is 3.85. The molecule has 2 aromatic rings. The number of nitrogens with zero attached hydrogens (tertiary/aromatic N) is 1. The van der Waals surface area contributed by atoms with Crippen LogP contribution in [0.15, 0.2) is 42.7 Å². The molecule has 0 aliphatic carbocycles. The Kier molecular flexibility index (Phi) is 3.43. The molecule has 0 saturated carbocycles. The zero-order valence-electron chi connectivity index (χ0n) is 9.97. The summed E-state index contributed by atoms with van der Waals surface area (Å²) < 4.78 is 0. The molecule has 0 bridgehead atoms. The highest BCUT2D eigenvalue weighted by Crippen LogP contribution is 2.23. The minimum absolute atomic E-state index is 0.101. The summed E-state index contributed by atoms with van der Waals surface area (Å²) in [4.78, 5) is 14.9. The number of amides is 1. The maximum atomic E-state index is 11.0. The number of nitrogens with two attached hydrogens (primary N) is 1. The van der Waals surface area contributed by atoms with Crippen LogP contribution in [0.25, 0.3) is 0 Å².